The number of rotatable bonds is 3. The molecule has 0 spiro atoms. The highest BCUT2D eigenvalue weighted by atomic mass is 35.5. The van der Waals surface area contributed by atoms with Gasteiger partial charge >= 0.3 is 6.61 Å². The van der Waals surface area contributed by atoms with Gasteiger partial charge in [-0.1, -0.05) is 0 Å². The lowest BCUT2D eigenvalue weighted by molar-refractivity contribution is -0.0521. The first kappa shape index (κ1) is 12.9. The molecule has 0 aromatic heterocycles. The predicted molar refractivity (Wildman–Crippen MR) is 48.1 cm³/mol. The summed E-state index contributed by atoms with van der Waals surface area (Å²) in [4.78, 5) is 0. The van der Waals surface area contributed by atoms with Crippen LogP contribution in [0.25, 0.3) is 0 Å². The van der Waals surface area contributed by atoms with Gasteiger partial charge in [0.05, 0.1) is 5.69 Å². The fourth-order valence-corrected chi connectivity index (χ4v) is 0.782. The third-order valence-corrected chi connectivity index (χ3v) is 1.31. The van der Waals surface area contributed by atoms with Crippen LogP contribution < -0.4 is 16.0 Å². The van der Waals surface area contributed by atoms with Crippen molar-refractivity contribution < 1.29 is 17.9 Å². The van der Waals surface area contributed by atoms with Crippen molar-refractivity contribution in [2.75, 3.05) is 5.43 Å². The molecule has 3 nitrogen and oxygen atoms in total. The summed E-state index contributed by atoms with van der Waals surface area (Å²) in [5.74, 6) is 3.57. The number of benzene rings is 1. The van der Waals surface area contributed by atoms with Crippen molar-refractivity contribution in [3.63, 3.8) is 0 Å². The SMILES string of the molecule is Cl.NNc1ccc(OC(F)F)c(F)c1. The second-order valence-corrected chi connectivity index (χ2v) is 2.17. The summed E-state index contributed by atoms with van der Waals surface area (Å²) in [5, 5.41) is 0. The molecule has 1 rings (SSSR count). The van der Waals surface area contributed by atoms with Crippen LogP contribution in [0.1, 0.15) is 0 Å². The Hall–Kier alpha value is -1.14. The molecule has 14 heavy (non-hydrogen) atoms. The van der Waals surface area contributed by atoms with Crippen LogP contribution in [0.5, 0.6) is 5.75 Å². The summed E-state index contributed by atoms with van der Waals surface area (Å²) in [6, 6.07) is 3.34. The maximum Gasteiger partial charge on any atom is 0.387 e. The van der Waals surface area contributed by atoms with E-state index in [-0.39, 0.29) is 18.1 Å². The van der Waals surface area contributed by atoms with E-state index < -0.39 is 18.2 Å². The Bertz CT molecular complexity index is 298. The zero-order chi connectivity index (χ0) is 9.84. The van der Waals surface area contributed by atoms with Crippen molar-refractivity contribution in [3.8, 4) is 5.75 Å². The van der Waals surface area contributed by atoms with Crippen molar-refractivity contribution in [2.45, 2.75) is 6.61 Å². The minimum Gasteiger partial charge on any atom is -0.432 e. The minimum atomic E-state index is -3.04. The number of anilines is 1. The van der Waals surface area contributed by atoms with E-state index in [1.54, 1.807) is 0 Å². The Labute approximate surface area is 84.4 Å². The molecule has 0 bridgehead atoms. The summed E-state index contributed by atoms with van der Waals surface area (Å²) >= 11 is 0. The van der Waals surface area contributed by atoms with E-state index in [4.69, 9.17) is 5.84 Å². The smallest absolute Gasteiger partial charge is 0.387 e. The van der Waals surface area contributed by atoms with Crippen LogP contribution in [0.15, 0.2) is 18.2 Å². The molecular weight excluding hydrogens is 221 g/mol. The molecule has 80 valence electrons. The van der Waals surface area contributed by atoms with E-state index in [9.17, 15) is 13.2 Å². The lowest BCUT2D eigenvalue weighted by Crippen LogP contribution is -2.08. The highest BCUT2D eigenvalue weighted by Gasteiger charge is 2.09. The fourth-order valence-electron chi connectivity index (χ4n) is 0.782. The lowest BCUT2D eigenvalue weighted by atomic mass is 10.3. The maximum absolute atomic E-state index is 12.8. The molecule has 0 aliphatic heterocycles. The normalized spacial score (nSPS) is 9.50. The van der Waals surface area contributed by atoms with Gasteiger partial charge in [0.25, 0.3) is 0 Å². The van der Waals surface area contributed by atoms with Crippen LogP contribution in [-0.4, -0.2) is 6.61 Å². The average molecular weight is 229 g/mol. The molecule has 0 radical (unpaired) electrons. The summed E-state index contributed by atoms with van der Waals surface area (Å²) in [6.07, 6.45) is 0. The summed E-state index contributed by atoms with van der Waals surface area (Å²) < 4.78 is 40.0. The maximum atomic E-state index is 12.8. The number of hydrogen-bond acceptors (Lipinski definition) is 3. The standard InChI is InChI=1S/C7H7F3N2O.ClH/c8-5-3-4(12-11)1-2-6(5)13-7(9)10;/h1-3,7,12H,11H2;1H. The van der Waals surface area contributed by atoms with Gasteiger partial charge in [0.1, 0.15) is 0 Å². The van der Waals surface area contributed by atoms with Crippen LogP contribution in [0.3, 0.4) is 0 Å². The molecule has 0 aliphatic rings. The zero-order valence-electron chi connectivity index (χ0n) is 6.84. The molecule has 1 aromatic rings. The largest absolute Gasteiger partial charge is 0.432 e. The Morgan fingerprint density at radius 2 is 2.00 bits per heavy atom. The van der Waals surface area contributed by atoms with Crippen molar-refractivity contribution >= 4 is 18.1 Å². The van der Waals surface area contributed by atoms with Gasteiger partial charge in [-0.25, -0.2) is 4.39 Å². The second-order valence-electron chi connectivity index (χ2n) is 2.17. The van der Waals surface area contributed by atoms with Gasteiger partial charge in [-0.3, -0.25) is 5.84 Å². The van der Waals surface area contributed by atoms with E-state index in [1.165, 1.54) is 6.07 Å². The summed E-state index contributed by atoms with van der Waals surface area (Å²) in [5.41, 5.74) is 2.44. The highest BCUT2D eigenvalue weighted by molar-refractivity contribution is 5.85. The van der Waals surface area contributed by atoms with Crippen LogP contribution in [0.2, 0.25) is 0 Å². The van der Waals surface area contributed by atoms with E-state index in [0.29, 0.717) is 0 Å². The zero-order valence-corrected chi connectivity index (χ0v) is 7.65. The molecule has 7 heteroatoms. The van der Waals surface area contributed by atoms with E-state index in [0.717, 1.165) is 12.1 Å². The number of hydrazine groups is 1. The van der Waals surface area contributed by atoms with Gasteiger partial charge in [-0.05, 0) is 12.1 Å². The van der Waals surface area contributed by atoms with Crippen molar-refractivity contribution in [2.24, 2.45) is 5.84 Å². The van der Waals surface area contributed by atoms with Gasteiger partial charge in [0.15, 0.2) is 11.6 Å². The third-order valence-electron chi connectivity index (χ3n) is 1.31. The molecular formula is C7H8ClF3N2O. The van der Waals surface area contributed by atoms with E-state index in [1.807, 2.05) is 0 Å². The predicted octanol–water partition coefficient (Wildman–Crippen LogP) is 2.13. The number of hydrogen-bond donors (Lipinski definition) is 2. The molecule has 0 fully saturated rings. The van der Waals surface area contributed by atoms with Crippen LogP contribution in [-0.2, 0) is 0 Å². The summed E-state index contributed by atoms with van der Waals surface area (Å²) in [6.45, 7) is -3.04. The number of nitrogen functional groups attached to an aromatic ring is 1. The number of nitrogens with one attached hydrogen (secondary N) is 1. The van der Waals surface area contributed by atoms with Crippen LogP contribution >= 0.6 is 12.4 Å². The number of halogens is 4. The fraction of sp³-hybridized carbons (Fsp3) is 0.143. The molecule has 0 saturated heterocycles. The van der Waals surface area contributed by atoms with E-state index in [2.05, 4.69) is 10.2 Å². The lowest BCUT2D eigenvalue weighted by Gasteiger charge is -2.06. The third kappa shape index (κ3) is 3.31. The molecule has 3 N–H and O–H groups in total. The summed E-state index contributed by atoms with van der Waals surface area (Å²) in [7, 11) is 0. The monoisotopic (exact) mass is 228 g/mol. The van der Waals surface area contributed by atoms with Gasteiger partial charge < -0.3 is 10.2 Å². The Kier molecular flexibility index (Phi) is 5.11. The van der Waals surface area contributed by atoms with Gasteiger partial charge in [-0.2, -0.15) is 8.78 Å². The Balaban J connectivity index is 0.00000169. The first-order valence-corrected chi connectivity index (χ1v) is 3.34. The van der Waals surface area contributed by atoms with Crippen LogP contribution in [0, 0.1) is 5.82 Å². The quantitative estimate of drug-likeness (QED) is 0.616. The molecule has 0 aliphatic carbocycles. The van der Waals surface area contributed by atoms with Crippen molar-refractivity contribution in [1.82, 2.24) is 0 Å². The first-order valence-electron chi connectivity index (χ1n) is 3.34. The van der Waals surface area contributed by atoms with Crippen molar-refractivity contribution in [3.05, 3.63) is 24.0 Å². The Morgan fingerprint density at radius 3 is 2.43 bits per heavy atom. The second kappa shape index (κ2) is 5.56. The van der Waals surface area contributed by atoms with Gasteiger partial charge in [0, 0.05) is 6.07 Å². The molecule has 0 saturated carbocycles. The number of ether oxygens (including phenoxy) is 1. The van der Waals surface area contributed by atoms with Crippen molar-refractivity contribution in [1.29, 1.82) is 0 Å². The molecule has 0 atom stereocenters. The van der Waals surface area contributed by atoms with Gasteiger partial charge in [-0.15, -0.1) is 12.4 Å². The highest BCUT2D eigenvalue weighted by Crippen LogP contribution is 2.21. The first-order chi connectivity index (χ1) is 6.13. The molecule has 1 aromatic carbocycles. The molecule has 0 heterocycles. The van der Waals surface area contributed by atoms with E-state index >= 15 is 0 Å². The number of nitrogens with two attached hydrogens (primary N) is 1. The van der Waals surface area contributed by atoms with Gasteiger partial charge in [0.2, 0.25) is 0 Å². The Morgan fingerprint density at radius 1 is 1.36 bits per heavy atom. The molecule has 0 amide bonds. The molecule has 0 unspecified atom stereocenters. The average Bonchev–Trinajstić information content (AvgIpc) is 2.08. The van der Waals surface area contributed by atoms with Crippen LogP contribution in [0.4, 0.5) is 18.9 Å². The number of alkyl halides is 2. The minimum absolute atomic E-state index is 0. The topological polar surface area (TPSA) is 47.3 Å².